The maximum atomic E-state index is 11.8. The zero-order valence-electron chi connectivity index (χ0n) is 11.1. The summed E-state index contributed by atoms with van der Waals surface area (Å²) in [6, 6.07) is 2.01. The Bertz CT molecular complexity index is 456. The molecule has 5 heteroatoms. The number of nitrogens with zero attached hydrogens (tertiary/aromatic N) is 2. The Morgan fingerprint density at radius 2 is 2.17 bits per heavy atom. The number of likely N-dealkylation sites (N-methyl/N-ethyl adjacent to an activating group) is 2. The highest BCUT2D eigenvalue weighted by Gasteiger charge is 2.10. The molecule has 0 bridgehead atoms. The van der Waals surface area contributed by atoms with E-state index in [0.717, 1.165) is 10.4 Å². The molecular formula is C13H19N3OS. The van der Waals surface area contributed by atoms with Crippen molar-refractivity contribution in [1.82, 2.24) is 9.80 Å². The smallest absolute Gasteiger partial charge is 0.236 e. The molecule has 0 aliphatic heterocycles. The predicted molar refractivity (Wildman–Crippen MR) is 75.3 cm³/mol. The molecule has 1 rings (SSSR count). The van der Waals surface area contributed by atoms with E-state index >= 15 is 0 Å². The topological polar surface area (TPSA) is 49.6 Å². The first kappa shape index (κ1) is 14.7. The average Bonchev–Trinajstić information content (AvgIpc) is 2.73. The number of thiophene rings is 1. The van der Waals surface area contributed by atoms with Crippen molar-refractivity contribution in [3.8, 4) is 11.8 Å². The van der Waals surface area contributed by atoms with Gasteiger partial charge >= 0.3 is 0 Å². The summed E-state index contributed by atoms with van der Waals surface area (Å²) in [6.45, 7) is 1.42. The lowest BCUT2D eigenvalue weighted by atomic mass is 10.3. The molecule has 0 spiro atoms. The third-order valence-corrected chi connectivity index (χ3v) is 3.16. The molecule has 4 nitrogen and oxygen atoms in total. The van der Waals surface area contributed by atoms with Crippen molar-refractivity contribution < 1.29 is 4.79 Å². The van der Waals surface area contributed by atoms with Crippen LogP contribution in [0.25, 0.3) is 0 Å². The Hall–Kier alpha value is -1.35. The highest BCUT2D eigenvalue weighted by Crippen LogP contribution is 2.15. The van der Waals surface area contributed by atoms with Crippen LogP contribution in [0.15, 0.2) is 11.4 Å². The molecule has 98 valence electrons. The van der Waals surface area contributed by atoms with Crippen LogP contribution in [0.4, 0.5) is 0 Å². The van der Waals surface area contributed by atoms with E-state index in [1.807, 2.05) is 37.5 Å². The molecule has 2 N–H and O–H groups in total. The van der Waals surface area contributed by atoms with E-state index < -0.39 is 0 Å². The normalized spacial score (nSPS) is 10.1. The highest BCUT2D eigenvalue weighted by atomic mass is 32.1. The summed E-state index contributed by atoms with van der Waals surface area (Å²) in [5, 5.41) is 2.03. The van der Waals surface area contributed by atoms with Gasteiger partial charge in [-0.25, -0.2) is 0 Å². The Labute approximate surface area is 112 Å². The zero-order valence-corrected chi connectivity index (χ0v) is 11.9. The van der Waals surface area contributed by atoms with Gasteiger partial charge in [-0.1, -0.05) is 11.8 Å². The van der Waals surface area contributed by atoms with Crippen LogP contribution < -0.4 is 5.73 Å². The second kappa shape index (κ2) is 7.17. The minimum Gasteiger partial charge on any atom is -0.340 e. The number of carbonyl (C=O) groups excluding carboxylic acids is 1. The first-order chi connectivity index (χ1) is 8.52. The van der Waals surface area contributed by atoms with E-state index in [-0.39, 0.29) is 5.91 Å². The molecule has 0 fully saturated rings. The molecule has 0 saturated carbocycles. The Morgan fingerprint density at radius 3 is 2.78 bits per heavy atom. The van der Waals surface area contributed by atoms with Crippen LogP contribution in [-0.2, 0) is 11.3 Å². The summed E-state index contributed by atoms with van der Waals surface area (Å²) >= 11 is 1.58. The van der Waals surface area contributed by atoms with Gasteiger partial charge in [-0.15, -0.1) is 11.3 Å². The minimum absolute atomic E-state index is 0.112. The standard InChI is InChI=1S/C13H19N3OS/c1-15(2)9-13(17)16(3)8-11-7-12(18-10-11)5-4-6-14/h7,10H,6,8-9,14H2,1-3H3. The third kappa shape index (κ3) is 4.88. The minimum atomic E-state index is 0.112. The number of hydrogen-bond acceptors (Lipinski definition) is 4. The van der Waals surface area contributed by atoms with Crippen LogP contribution in [0, 0.1) is 11.8 Å². The van der Waals surface area contributed by atoms with Gasteiger partial charge in [0.1, 0.15) is 0 Å². The van der Waals surface area contributed by atoms with Crippen LogP contribution in [0.2, 0.25) is 0 Å². The molecule has 1 aromatic rings. The van der Waals surface area contributed by atoms with Crippen LogP contribution in [0.5, 0.6) is 0 Å². The van der Waals surface area contributed by atoms with Crippen molar-refractivity contribution in [2.24, 2.45) is 5.73 Å². The number of hydrogen-bond donors (Lipinski definition) is 1. The molecule has 0 aliphatic carbocycles. The molecule has 0 aliphatic rings. The van der Waals surface area contributed by atoms with Gasteiger partial charge in [0.05, 0.1) is 18.0 Å². The SMILES string of the molecule is CN(C)CC(=O)N(C)Cc1csc(C#CCN)c1. The number of carbonyl (C=O) groups is 1. The van der Waals surface area contributed by atoms with E-state index in [2.05, 4.69) is 11.8 Å². The molecule has 18 heavy (non-hydrogen) atoms. The highest BCUT2D eigenvalue weighted by molar-refractivity contribution is 7.10. The van der Waals surface area contributed by atoms with Crippen LogP contribution in [0.3, 0.4) is 0 Å². The van der Waals surface area contributed by atoms with Gasteiger partial charge < -0.3 is 15.5 Å². The summed E-state index contributed by atoms with van der Waals surface area (Å²) in [4.78, 5) is 16.4. The van der Waals surface area contributed by atoms with Crippen molar-refractivity contribution in [2.45, 2.75) is 6.54 Å². The summed E-state index contributed by atoms with van der Waals surface area (Å²) in [5.74, 6) is 5.92. The molecule has 0 aromatic carbocycles. The molecule has 0 unspecified atom stereocenters. The second-order valence-corrected chi connectivity index (χ2v) is 5.22. The maximum Gasteiger partial charge on any atom is 0.236 e. The fourth-order valence-electron chi connectivity index (χ4n) is 1.42. The monoisotopic (exact) mass is 265 g/mol. The van der Waals surface area contributed by atoms with Crippen LogP contribution in [0.1, 0.15) is 10.4 Å². The van der Waals surface area contributed by atoms with Crippen LogP contribution in [-0.4, -0.2) is 49.9 Å². The fraction of sp³-hybridized carbons (Fsp3) is 0.462. The van der Waals surface area contributed by atoms with Crippen molar-refractivity contribution in [3.05, 3.63) is 21.9 Å². The van der Waals surface area contributed by atoms with E-state index in [1.54, 1.807) is 16.2 Å². The third-order valence-electron chi connectivity index (χ3n) is 2.26. The van der Waals surface area contributed by atoms with Gasteiger partial charge in [-0.3, -0.25) is 4.79 Å². The average molecular weight is 265 g/mol. The van der Waals surface area contributed by atoms with E-state index in [0.29, 0.717) is 19.6 Å². The quantitative estimate of drug-likeness (QED) is 0.810. The van der Waals surface area contributed by atoms with Gasteiger partial charge in [0, 0.05) is 13.6 Å². The summed E-state index contributed by atoms with van der Waals surface area (Å²) in [5.41, 5.74) is 6.43. The Balaban J connectivity index is 2.56. The van der Waals surface area contributed by atoms with Crippen molar-refractivity contribution in [3.63, 3.8) is 0 Å². The summed E-state index contributed by atoms with van der Waals surface area (Å²) < 4.78 is 0. The van der Waals surface area contributed by atoms with Gasteiger partial charge in [0.2, 0.25) is 5.91 Å². The number of rotatable bonds is 4. The molecular weight excluding hydrogens is 246 g/mol. The van der Waals surface area contributed by atoms with Crippen molar-refractivity contribution in [2.75, 3.05) is 34.2 Å². The summed E-state index contributed by atoms with van der Waals surface area (Å²) in [6.07, 6.45) is 0. The van der Waals surface area contributed by atoms with Crippen molar-refractivity contribution in [1.29, 1.82) is 0 Å². The van der Waals surface area contributed by atoms with Gasteiger partial charge in [0.25, 0.3) is 0 Å². The summed E-state index contributed by atoms with van der Waals surface area (Å²) in [7, 11) is 5.59. The van der Waals surface area contributed by atoms with E-state index in [9.17, 15) is 4.79 Å². The molecule has 1 heterocycles. The lowest BCUT2D eigenvalue weighted by molar-refractivity contribution is -0.131. The first-order valence-electron chi connectivity index (χ1n) is 5.68. The molecule has 0 atom stereocenters. The maximum absolute atomic E-state index is 11.8. The molecule has 0 radical (unpaired) electrons. The van der Waals surface area contributed by atoms with Crippen LogP contribution >= 0.6 is 11.3 Å². The van der Waals surface area contributed by atoms with E-state index in [4.69, 9.17) is 5.73 Å². The van der Waals surface area contributed by atoms with Crippen molar-refractivity contribution >= 4 is 17.2 Å². The first-order valence-corrected chi connectivity index (χ1v) is 6.56. The van der Waals surface area contributed by atoms with Gasteiger partial charge in [0.15, 0.2) is 0 Å². The zero-order chi connectivity index (χ0) is 13.5. The number of nitrogens with two attached hydrogens (primary N) is 1. The Morgan fingerprint density at radius 1 is 1.44 bits per heavy atom. The Kier molecular flexibility index (Phi) is 5.86. The van der Waals surface area contributed by atoms with Gasteiger partial charge in [-0.2, -0.15) is 0 Å². The predicted octanol–water partition coefficient (Wildman–Crippen LogP) is 0.578. The number of amides is 1. The second-order valence-electron chi connectivity index (χ2n) is 4.31. The molecule has 0 saturated heterocycles. The van der Waals surface area contributed by atoms with E-state index in [1.165, 1.54) is 0 Å². The largest absolute Gasteiger partial charge is 0.340 e. The molecule has 1 aromatic heterocycles. The van der Waals surface area contributed by atoms with Gasteiger partial charge in [-0.05, 0) is 31.1 Å². The molecule has 1 amide bonds. The lowest BCUT2D eigenvalue weighted by Gasteiger charge is -2.18. The fourth-order valence-corrected chi connectivity index (χ4v) is 2.19. The lowest BCUT2D eigenvalue weighted by Crippen LogP contribution is -2.34.